The second-order valence-electron chi connectivity index (χ2n) is 25.1. The molecule has 0 saturated carbocycles. The Morgan fingerprint density at radius 1 is 0.247 bits per heavy atom. The smallest absolute Gasteiger partial charge is 0.0794 e. The molecule has 428 valence electrons. The van der Waals surface area contributed by atoms with E-state index in [9.17, 15) is 0 Å². The summed E-state index contributed by atoms with van der Waals surface area (Å²) in [6.45, 7) is 0. The Morgan fingerprint density at radius 3 is 1.54 bits per heavy atom. The van der Waals surface area contributed by atoms with E-state index < -0.39 is 0 Å². The first kappa shape index (κ1) is 50.8. The molecule has 0 atom stereocenters. The molecule has 5 aromatic heterocycles. The zero-order valence-corrected chi connectivity index (χ0v) is 50.9. The first-order valence-electron chi connectivity index (χ1n) is 31.9. The van der Waals surface area contributed by atoms with Gasteiger partial charge in [-0.2, -0.15) is 0 Å². The van der Waals surface area contributed by atoms with Crippen LogP contribution >= 0.6 is 11.3 Å². The lowest BCUT2D eigenvalue weighted by molar-refractivity contribution is 1.18. The number of nitrogens with zero attached hydrogens (tertiary/aromatic N) is 4. The third-order valence-electron chi connectivity index (χ3n) is 20.2. The Morgan fingerprint density at radius 2 is 0.763 bits per heavy atom. The van der Waals surface area contributed by atoms with Crippen LogP contribution in [0.2, 0.25) is 0 Å². The third kappa shape index (κ3) is 7.42. The maximum absolute atomic E-state index is 5.36. The fourth-order valence-electron chi connectivity index (χ4n) is 16.0. The molecule has 5 heteroatoms. The third-order valence-corrected chi connectivity index (χ3v) is 21.4. The largest absolute Gasteiger partial charge is 0.309 e. The van der Waals surface area contributed by atoms with Crippen molar-refractivity contribution >= 4 is 107 Å². The number of rotatable bonds is 7. The molecule has 0 amide bonds. The van der Waals surface area contributed by atoms with Gasteiger partial charge in [0.15, 0.2) is 0 Å². The lowest BCUT2D eigenvalue weighted by Gasteiger charge is -2.13. The standard InChI is InChI=1S/C88H50N4S/c1-2-18-59(19-3-1)91-81-40-31-57(61-35-36-64(63-22-5-4-21-62(61)63)79-49-72-68-25-10-13-51-14-11-26-69(86(51)68)77(72)50-89-79)46-74(81)66-34-29-56(48-83(66)91)53-17-8-20-60(43-53)92-80-28-7-6-23-65(80)73-44-54(30-39-82(73)92)55-32-41-84-75(45-55)76-47-58(33-42-85(76)93-84)78-38-37-70-67-24-9-15-52-16-12-27-71(87(52)67)88(70)90-78/h1-50H. The van der Waals surface area contributed by atoms with Gasteiger partial charge in [-0.1, -0.05) is 194 Å². The van der Waals surface area contributed by atoms with Crippen molar-refractivity contribution < 1.29 is 0 Å². The summed E-state index contributed by atoms with van der Waals surface area (Å²) in [6, 6.07) is 110. The van der Waals surface area contributed by atoms with Crippen LogP contribution < -0.4 is 0 Å². The summed E-state index contributed by atoms with van der Waals surface area (Å²) in [5.41, 5.74) is 28.0. The summed E-state index contributed by atoms with van der Waals surface area (Å²) >= 11 is 1.86. The van der Waals surface area contributed by atoms with Gasteiger partial charge in [-0.3, -0.25) is 4.98 Å². The highest BCUT2D eigenvalue weighted by Crippen LogP contribution is 2.51. The average Bonchev–Trinajstić information content (AvgIpc) is 1.65. The molecule has 4 nitrogen and oxygen atoms in total. The lowest BCUT2D eigenvalue weighted by atomic mass is 9.92. The van der Waals surface area contributed by atoms with Crippen LogP contribution in [0.15, 0.2) is 303 Å². The highest BCUT2D eigenvalue weighted by Gasteiger charge is 2.26. The van der Waals surface area contributed by atoms with E-state index in [2.05, 4.69) is 313 Å². The Hall–Kier alpha value is -12.0. The van der Waals surface area contributed by atoms with Crippen LogP contribution in [0.25, 0.3) is 208 Å². The molecule has 21 rings (SSSR count). The zero-order valence-electron chi connectivity index (χ0n) is 50.1. The predicted molar refractivity (Wildman–Crippen MR) is 392 cm³/mol. The molecular formula is C88H50N4S. The number of hydrogen-bond donors (Lipinski definition) is 0. The maximum Gasteiger partial charge on any atom is 0.0794 e. The fourth-order valence-corrected chi connectivity index (χ4v) is 17.1. The average molecular weight is 1200 g/mol. The molecule has 19 aromatic rings. The van der Waals surface area contributed by atoms with Crippen LogP contribution in [0.3, 0.4) is 0 Å². The van der Waals surface area contributed by atoms with Gasteiger partial charge in [0, 0.05) is 87.1 Å². The van der Waals surface area contributed by atoms with E-state index in [1.165, 1.54) is 152 Å². The minimum atomic E-state index is 0.983. The van der Waals surface area contributed by atoms with Crippen molar-refractivity contribution in [1.29, 1.82) is 0 Å². The van der Waals surface area contributed by atoms with Gasteiger partial charge in [0.05, 0.1) is 39.1 Å². The van der Waals surface area contributed by atoms with E-state index >= 15 is 0 Å². The molecule has 0 radical (unpaired) electrons. The van der Waals surface area contributed by atoms with E-state index in [1.807, 2.05) is 11.3 Å². The van der Waals surface area contributed by atoms with Crippen LogP contribution in [-0.4, -0.2) is 19.1 Å². The minimum Gasteiger partial charge on any atom is -0.309 e. The molecule has 0 aliphatic heterocycles. The maximum atomic E-state index is 5.36. The van der Waals surface area contributed by atoms with Crippen molar-refractivity contribution in [2.45, 2.75) is 0 Å². The van der Waals surface area contributed by atoms with Crippen molar-refractivity contribution in [2.75, 3.05) is 0 Å². The highest BCUT2D eigenvalue weighted by atomic mass is 32.1. The number of aromatic nitrogens is 4. The van der Waals surface area contributed by atoms with E-state index in [4.69, 9.17) is 9.97 Å². The second-order valence-corrected chi connectivity index (χ2v) is 26.2. The molecule has 0 bridgehead atoms. The normalized spacial score (nSPS) is 12.3. The molecule has 0 unspecified atom stereocenters. The second kappa shape index (κ2) is 19.3. The Labute approximate surface area is 538 Å². The molecule has 93 heavy (non-hydrogen) atoms. The van der Waals surface area contributed by atoms with Gasteiger partial charge >= 0.3 is 0 Å². The Bertz CT molecular complexity index is 6490. The SMILES string of the molecule is c1ccc(-n2c3ccc(-c4ccc(-c5cc6c(cn5)-c5cccc7cccc-6c57)c5ccccc45)cc3c3ccc(-c4cccc(-n5c6ccccc6c6cc(-c7ccc8sc9ccc(-c%10ccc%11c(n%10)-c%10cccc%12cccc-%11c%10%12)cc9c8c7)ccc65)c4)cc32)cc1. The molecule has 0 fully saturated rings. The Kier molecular flexibility index (Phi) is 10.5. The summed E-state index contributed by atoms with van der Waals surface area (Å²) in [6.07, 6.45) is 2.08. The van der Waals surface area contributed by atoms with Crippen molar-refractivity contribution in [1.82, 2.24) is 19.1 Å². The number of hydrogen-bond acceptors (Lipinski definition) is 3. The summed E-state index contributed by atoms with van der Waals surface area (Å²) in [5.74, 6) is 0. The molecule has 2 aliphatic rings. The van der Waals surface area contributed by atoms with E-state index in [0.717, 1.165) is 56.2 Å². The van der Waals surface area contributed by atoms with Gasteiger partial charge in [0.2, 0.25) is 0 Å². The van der Waals surface area contributed by atoms with E-state index in [-0.39, 0.29) is 0 Å². The monoisotopic (exact) mass is 1190 g/mol. The van der Waals surface area contributed by atoms with E-state index in [0.29, 0.717) is 0 Å². The number of fused-ring (bicyclic) bond motifs is 16. The minimum absolute atomic E-state index is 0.983. The zero-order chi connectivity index (χ0) is 60.6. The first-order chi connectivity index (χ1) is 46.1. The predicted octanol–water partition coefficient (Wildman–Crippen LogP) is 24.1. The highest BCUT2D eigenvalue weighted by molar-refractivity contribution is 7.25. The molecule has 5 heterocycles. The lowest BCUT2D eigenvalue weighted by Crippen LogP contribution is -1.95. The number of thiophene rings is 1. The quantitative estimate of drug-likeness (QED) is 0.159. The molecule has 2 aliphatic carbocycles. The van der Waals surface area contributed by atoms with Gasteiger partial charge < -0.3 is 9.13 Å². The van der Waals surface area contributed by atoms with Gasteiger partial charge in [-0.25, -0.2) is 4.98 Å². The van der Waals surface area contributed by atoms with Crippen LogP contribution in [0, 0.1) is 0 Å². The van der Waals surface area contributed by atoms with Gasteiger partial charge in [-0.15, -0.1) is 11.3 Å². The molecule has 0 spiro atoms. The summed E-state index contributed by atoms with van der Waals surface area (Å²) < 4.78 is 7.44. The first-order valence-corrected chi connectivity index (χ1v) is 32.7. The van der Waals surface area contributed by atoms with E-state index in [1.54, 1.807) is 0 Å². The van der Waals surface area contributed by atoms with Crippen molar-refractivity contribution in [3.63, 3.8) is 0 Å². The van der Waals surface area contributed by atoms with Crippen molar-refractivity contribution in [2.24, 2.45) is 0 Å². The molecular weight excluding hydrogens is 1150 g/mol. The topological polar surface area (TPSA) is 35.6 Å². The van der Waals surface area contributed by atoms with Crippen molar-refractivity contribution in [3.05, 3.63) is 303 Å². The van der Waals surface area contributed by atoms with Crippen LogP contribution in [0.1, 0.15) is 0 Å². The molecule has 14 aromatic carbocycles. The molecule has 0 N–H and O–H groups in total. The van der Waals surface area contributed by atoms with Crippen molar-refractivity contribution in [3.8, 4) is 112 Å². The van der Waals surface area contributed by atoms with Crippen LogP contribution in [-0.2, 0) is 0 Å². The van der Waals surface area contributed by atoms with Gasteiger partial charge in [0.25, 0.3) is 0 Å². The van der Waals surface area contributed by atoms with Gasteiger partial charge in [0.1, 0.15) is 0 Å². The number of benzene rings is 14. The van der Waals surface area contributed by atoms with Crippen LogP contribution in [0.5, 0.6) is 0 Å². The fraction of sp³-hybridized carbons (Fsp3) is 0. The summed E-state index contributed by atoms with van der Waals surface area (Å²) in [4.78, 5) is 10.5. The van der Waals surface area contributed by atoms with Gasteiger partial charge in [-0.05, 0) is 191 Å². The summed E-state index contributed by atoms with van der Waals surface area (Å²) in [7, 11) is 0. The molecule has 0 saturated heterocycles. The Balaban J connectivity index is 0.635. The summed E-state index contributed by atoms with van der Waals surface area (Å²) in [5, 5.41) is 14.9. The van der Waals surface area contributed by atoms with Crippen LogP contribution in [0.4, 0.5) is 0 Å². The number of pyridine rings is 2. The number of para-hydroxylation sites is 2.